The summed E-state index contributed by atoms with van der Waals surface area (Å²) in [7, 11) is -3.20. The van der Waals surface area contributed by atoms with Crippen molar-refractivity contribution in [3.8, 4) is 0 Å². The highest BCUT2D eigenvalue weighted by atomic mass is 35.5. The molecule has 0 unspecified atom stereocenters. The molecule has 0 heterocycles. The van der Waals surface area contributed by atoms with E-state index >= 15 is 0 Å². The van der Waals surface area contributed by atoms with Crippen LogP contribution in [0.25, 0.3) is 0 Å². The zero-order valence-electron chi connectivity index (χ0n) is 17.0. The van der Waals surface area contributed by atoms with Crippen LogP contribution in [0.15, 0.2) is 54.6 Å². The van der Waals surface area contributed by atoms with E-state index in [1.54, 1.807) is 0 Å². The fourth-order valence-corrected chi connectivity index (χ4v) is 6.12. The third kappa shape index (κ3) is 5.48. The van der Waals surface area contributed by atoms with E-state index in [2.05, 4.69) is 25.9 Å². The Morgan fingerprint density at radius 1 is 1.11 bits per heavy atom. The van der Waals surface area contributed by atoms with Crippen LogP contribution in [0.3, 0.4) is 0 Å². The van der Waals surface area contributed by atoms with E-state index in [1.807, 2.05) is 54.6 Å². The molecule has 0 bridgehead atoms. The number of halogens is 1. The highest BCUT2D eigenvalue weighted by Crippen LogP contribution is 2.48. The van der Waals surface area contributed by atoms with Crippen LogP contribution in [-0.2, 0) is 15.6 Å². The minimum Gasteiger partial charge on any atom is -0.311 e. The fraction of sp³-hybridized carbons (Fsp3) is 0.478. The van der Waals surface area contributed by atoms with Crippen LogP contribution >= 0.6 is 19.1 Å². The molecule has 0 aliphatic heterocycles. The molecule has 1 aliphatic carbocycles. The fourth-order valence-electron chi connectivity index (χ4n) is 4.04. The third-order valence-electron chi connectivity index (χ3n) is 5.75. The van der Waals surface area contributed by atoms with Crippen molar-refractivity contribution in [2.24, 2.45) is 17.8 Å². The predicted octanol–water partition coefficient (Wildman–Crippen LogP) is 6.43. The van der Waals surface area contributed by atoms with Gasteiger partial charge in [-0.3, -0.25) is 4.57 Å². The molecule has 1 fully saturated rings. The first kappa shape index (κ1) is 21.6. The van der Waals surface area contributed by atoms with Crippen LogP contribution < -0.4 is 10.4 Å². The average molecular weight is 420 g/mol. The van der Waals surface area contributed by atoms with Crippen molar-refractivity contribution in [2.75, 3.05) is 0 Å². The molecule has 3 nitrogen and oxygen atoms in total. The lowest BCUT2D eigenvalue weighted by Gasteiger charge is -2.39. The summed E-state index contributed by atoms with van der Waals surface area (Å²) in [4.78, 5) is 0. The second kappa shape index (κ2) is 9.59. The maximum atomic E-state index is 14.0. The topological polar surface area (TPSA) is 38.3 Å². The van der Waals surface area contributed by atoms with Crippen LogP contribution in [0.2, 0.25) is 5.02 Å². The number of hydrogen-bond acceptors (Lipinski definition) is 2. The van der Waals surface area contributed by atoms with Crippen LogP contribution in [0.5, 0.6) is 0 Å². The molecule has 0 radical (unpaired) electrons. The van der Waals surface area contributed by atoms with E-state index in [4.69, 9.17) is 16.1 Å². The second-order valence-corrected chi connectivity index (χ2v) is 10.9. The van der Waals surface area contributed by atoms with Crippen LogP contribution in [-0.4, -0.2) is 6.10 Å². The van der Waals surface area contributed by atoms with Crippen molar-refractivity contribution in [3.05, 3.63) is 65.2 Å². The van der Waals surface area contributed by atoms with Crippen LogP contribution in [0.4, 0.5) is 0 Å². The van der Waals surface area contributed by atoms with E-state index < -0.39 is 7.52 Å². The van der Waals surface area contributed by atoms with E-state index in [1.165, 1.54) is 6.42 Å². The van der Waals surface area contributed by atoms with Gasteiger partial charge in [0.25, 0.3) is 7.52 Å². The lowest BCUT2D eigenvalue weighted by Crippen LogP contribution is -2.36. The lowest BCUT2D eigenvalue weighted by atomic mass is 9.75. The Labute approximate surface area is 174 Å². The van der Waals surface area contributed by atoms with Gasteiger partial charge < -0.3 is 4.52 Å². The molecule has 4 atom stereocenters. The molecule has 0 aromatic heterocycles. The molecule has 2 aromatic rings. The van der Waals surface area contributed by atoms with Gasteiger partial charge in [0.2, 0.25) is 0 Å². The van der Waals surface area contributed by atoms with Crippen molar-refractivity contribution in [1.29, 1.82) is 0 Å². The smallest absolute Gasteiger partial charge is 0.300 e. The van der Waals surface area contributed by atoms with Crippen LogP contribution in [0, 0.1) is 17.8 Å². The largest absolute Gasteiger partial charge is 0.311 e. The van der Waals surface area contributed by atoms with Gasteiger partial charge in [-0.1, -0.05) is 69.1 Å². The highest BCUT2D eigenvalue weighted by Gasteiger charge is 2.37. The van der Waals surface area contributed by atoms with Gasteiger partial charge in [-0.15, -0.1) is 0 Å². The van der Waals surface area contributed by atoms with Gasteiger partial charge in [-0.25, -0.2) is 5.09 Å². The molecular weight excluding hydrogens is 389 g/mol. The summed E-state index contributed by atoms with van der Waals surface area (Å²) < 4.78 is 20.5. The van der Waals surface area contributed by atoms with E-state index in [0.717, 1.165) is 23.7 Å². The summed E-state index contributed by atoms with van der Waals surface area (Å²) in [5.41, 5.74) is 1.03. The molecule has 5 heteroatoms. The first-order chi connectivity index (χ1) is 13.4. The molecule has 1 aliphatic rings. The summed E-state index contributed by atoms with van der Waals surface area (Å²) in [5.74, 6) is 1.55. The van der Waals surface area contributed by atoms with Crippen molar-refractivity contribution in [1.82, 2.24) is 5.09 Å². The molecule has 152 valence electrons. The maximum Gasteiger partial charge on any atom is 0.300 e. The summed E-state index contributed by atoms with van der Waals surface area (Å²) in [6.45, 7) is 7.22. The Hall–Kier alpha value is -1.12. The zero-order chi connectivity index (χ0) is 20.1. The van der Waals surface area contributed by atoms with Crippen LogP contribution in [0.1, 0.15) is 45.6 Å². The summed E-state index contributed by atoms with van der Waals surface area (Å²) >= 11 is 5.99. The van der Waals surface area contributed by atoms with E-state index in [-0.39, 0.29) is 6.10 Å². The maximum absolute atomic E-state index is 14.0. The minimum absolute atomic E-state index is 0.00695. The molecular formula is C23H31ClNO2P. The molecule has 1 N–H and O–H groups in total. The summed E-state index contributed by atoms with van der Waals surface area (Å²) in [5, 5.41) is 4.68. The number of rotatable bonds is 7. The Bertz CT molecular complexity index is 794. The van der Waals surface area contributed by atoms with Crippen molar-refractivity contribution < 1.29 is 9.09 Å². The number of hydrogen-bond donors (Lipinski definition) is 1. The average Bonchev–Trinajstić information content (AvgIpc) is 2.68. The van der Waals surface area contributed by atoms with Gasteiger partial charge in [0, 0.05) is 11.6 Å². The SMILES string of the molecule is CC(C)[C@H]1CC[C@@H](C)C[C@@H]1O[P@@](=O)(NCc1ccc(Cl)cc1)c1ccccc1. The van der Waals surface area contributed by atoms with Gasteiger partial charge in [0.1, 0.15) is 0 Å². The van der Waals surface area contributed by atoms with Crippen molar-refractivity contribution in [3.63, 3.8) is 0 Å². The van der Waals surface area contributed by atoms with Gasteiger partial charge in [-0.05, 0) is 60.4 Å². The Kier molecular flexibility index (Phi) is 7.39. The van der Waals surface area contributed by atoms with Crippen molar-refractivity contribution >= 4 is 24.4 Å². The molecule has 3 rings (SSSR count). The first-order valence-corrected chi connectivity index (χ1v) is 12.2. The number of nitrogens with one attached hydrogen (secondary N) is 1. The first-order valence-electron chi connectivity index (χ1n) is 10.2. The van der Waals surface area contributed by atoms with E-state index in [9.17, 15) is 4.57 Å². The molecule has 1 saturated carbocycles. The monoisotopic (exact) mass is 419 g/mol. The molecule has 0 amide bonds. The molecule has 28 heavy (non-hydrogen) atoms. The molecule has 2 aromatic carbocycles. The second-order valence-electron chi connectivity index (χ2n) is 8.32. The third-order valence-corrected chi connectivity index (χ3v) is 8.12. The Morgan fingerprint density at radius 2 is 1.79 bits per heavy atom. The van der Waals surface area contributed by atoms with Crippen molar-refractivity contribution in [2.45, 2.75) is 52.7 Å². The molecule has 0 saturated heterocycles. The minimum atomic E-state index is -3.20. The molecule has 0 spiro atoms. The van der Waals surface area contributed by atoms with Gasteiger partial charge in [0.05, 0.1) is 11.4 Å². The summed E-state index contributed by atoms with van der Waals surface area (Å²) in [6.07, 6.45) is 3.32. The Balaban J connectivity index is 1.83. The van der Waals surface area contributed by atoms with Gasteiger partial charge in [0.15, 0.2) is 0 Å². The Morgan fingerprint density at radius 3 is 2.43 bits per heavy atom. The normalized spacial score (nSPS) is 24.8. The lowest BCUT2D eigenvalue weighted by molar-refractivity contribution is 0.0483. The summed E-state index contributed by atoms with van der Waals surface area (Å²) in [6, 6.07) is 17.2. The van der Waals surface area contributed by atoms with Gasteiger partial charge >= 0.3 is 0 Å². The van der Waals surface area contributed by atoms with Gasteiger partial charge in [-0.2, -0.15) is 0 Å². The quantitative estimate of drug-likeness (QED) is 0.526. The zero-order valence-corrected chi connectivity index (χ0v) is 18.6. The standard InChI is InChI=1S/C23H31ClNO2P/c1-17(2)22-14-9-18(3)15-23(22)27-28(26,21-7-5-4-6-8-21)25-16-19-10-12-20(24)13-11-19/h4-8,10-13,17-18,22-23H,9,14-16H2,1-3H3,(H,25,26)/t18-,22-,23+,28-/m1/s1. The highest BCUT2D eigenvalue weighted by molar-refractivity contribution is 7.65. The predicted molar refractivity (Wildman–Crippen MR) is 118 cm³/mol. The number of benzene rings is 2. The van der Waals surface area contributed by atoms with E-state index in [0.29, 0.717) is 29.3 Å².